The summed E-state index contributed by atoms with van der Waals surface area (Å²) in [6.07, 6.45) is 2.67. The standard InChI is InChI=1S/C8H11BrN2OS/c1-6(11-13(2)12)7-3-4-10-8(9)5-7/h3-6,11H,1-2H3/t6-,13+/m0/s1/i1D3,6D. The molecule has 0 amide bonds. The Bertz CT molecular complexity index is 442. The van der Waals surface area contributed by atoms with E-state index in [1.54, 1.807) is 0 Å². The van der Waals surface area contributed by atoms with Crippen LogP contribution in [0.1, 0.15) is 23.9 Å². The first-order valence-corrected chi connectivity index (χ1v) is 5.75. The fourth-order valence-corrected chi connectivity index (χ4v) is 1.53. The summed E-state index contributed by atoms with van der Waals surface area (Å²) >= 11 is 3.11. The smallest absolute Gasteiger partial charge is 0.106 e. The lowest BCUT2D eigenvalue weighted by Gasteiger charge is -2.11. The third-order valence-corrected chi connectivity index (χ3v) is 2.19. The van der Waals surface area contributed by atoms with Gasteiger partial charge in [-0.2, -0.15) is 0 Å². The van der Waals surface area contributed by atoms with E-state index in [0.29, 0.717) is 4.60 Å². The second kappa shape index (κ2) is 4.83. The first kappa shape index (κ1) is 6.27. The lowest BCUT2D eigenvalue weighted by atomic mass is 10.1. The Morgan fingerprint density at radius 1 is 1.92 bits per heavy atom. The van der Waals surface area contributed by atoms with Crippen molar-refractivity contribution in [2.24, 2.45) is 0 Å². The zero-order valence-corrected chi connectivity index (χ0v) is 9.28. The molecular weight excluding hydrogens is 252 g/mol. The van der Waals surface area contributed by atoms with Gasteiger partial charge in [0.1, 0.15) is 4.60 Å². The molecule has 0 saturated heterocycles. The zero-order chi connectivity index (χ0) is 13.3. The average molecular weight is 267 g/mol. The van der Waals surface area contributed by atoms with E-state index in [2.05, 4.69) is 25.6 Å². The van der Waals surface area contributed by atoms with Crippen LogP contribution in [0.5, 0.6) is 0 Å². The molecule has 13 heavy (non-hydrogen) atoms. The maximum absolute atomic E-state index is 11.2. The van der Waals surface area contributed by atoms with Gasteiger partial charge in [0.15, 0.2) is 0 Å². The summed E-state index contributed by atoms with van der Waals surface area (Å²) in [7, 11) is -1.62. The molecule has 1 aromatic rings. The second-order valence-corrected chi connectivity index (χ2v) is 4.22. The van der Waals surface area contributed by atoms with E-state index < -0.39 is 23.9 Å². The lowest BCUT2D eigenvalue weighted by molar-refractivity contribution is 0.655. The number of nitrogens with one attached hydrogen (secondary N) is 1. The van der Waals surface area contributed by atoms with Gasteiger partial charge in [-0.25, -0.2) is 13.9 Å². The Kier molecular flexibility index (Phi) is 2.33. The monoisotopic (exact) mass is 266 g/mol. The van der Waals surface area contributed by atoms with Crippen molar-refractivity contribution in [3.63, 3.8) is 0 Å². The number of aromatic nitrogens is 1. The van der Waals surface area contributed by atoms with E-state index in [4.69, 9.17) is 5.48 Å². The van der Waals surface area contributed by atoms with Gasteiger partial charge in [0, 0.05) is 22.6 Å². The van der Waals surface area contributed by atoms with Gasteiger partial charge in [0.05, 0.1) is 12.4 Å². The molecule has 0 unspecified atom stereocenters. The van der Waals surface area contributed by atoms with Crippen molar-refractivity contribution < 1.29 is 9.69 Å². The molecule has 1 rings (SSSR count). The average Bonchev–Trinajstić information content (AvgIpc) is 2.14. The van der Waals surface area contributed by atoms with Crippen LogP contribution in [0.2, 0.25) is 0 Å². The van der Waals surface area contributed by atoms with E-state index in [-0.39, 0.29) is 5.56 Å². The van der Waals surface area contributed by atoms with Crippen molar-refractivity contribution in [2.75, 3.05) is 6.26 Å². The molecule has 1 aromatic heterocycles. The third kappa shape index (κ3) is 3.54. The van der Waals surface area contributed by atoms with Crippen LogP contribution in [-0.4, -0.2) is 15.4 Å². The van der Waals surface area contributed by atoms with Crippen LogP contribution >= 0.6 is 15.9 Å². The fraction of sp³-hybridized carbons (Fsp3) is 0.375. The normalized spacial score (nSPS) is 23.2. The van der Waals surface area contributed by atoms with Crippen molar-refractivity contribution >= 4 is 26.9 Å². The van der Waals surface area contributed by atoms with Gasteiger partial charge in [0.2, 0.25) is 0 Å². The zero-order valence-electron chi connectivity index (χ0n) is 10.9. The topological polar surface area (TPSA) is 42.0 Å². The molecule has 1 heterocycles. The highest BCUT2D eigenvalue weighted by Gasteiger charge is 2.06. The molecule has 0 radical (unpaired) electrons. The second-order valence-electron chi connectivity index (χ2n) is 2.30. The Labute approximate surface area is 94.3 Å². The van der Waals surface area contributed by atoms with Gasteiger partial charge in [-0.15, -0.1) is 0 Å². The molecule has 0 aliphatic rings. The minimum atomic E-state index is -2.65. The highest BCUT2D eigenvalue weighted by atomic mass is 79.9. The van der Waals surface area contributed by atoms with Crippen LogP contribution in [0.25, 0.3) is 0 Å². The Morgan fingerprint density at radius 3 is 3.23 bits per heavy atom. The molecule has 72 valence electrons. The molecule has 3 nitrogen and oxygen atoms in total. The largest absolute Gasteiger partial charge is 0.249 e. The maximum atomic E-state index is 11.2. The van der Waals surface area contributed by atoms with Crippen molar-refractivity contribution in [1.29, 1.82) is 0 Å². The SMILES string of the molecule is [2H]C([2H])([2H])[C@]([2H])(N[S@@](C)=O)c1ccnc(Br)c1. The van der Waals surface area contributed by atoms with Gasteiger partial charge in [-0.1, -0.05) is 0 Å². The molecule has 2 atom stereocenters. The van der Waals surface area contributed by atoms with Crippen LogP contribution in [-0.2, 0) is 11.0 Å². The predicted octanol–water partition coefficient (Wildman–Crippen LogP) is 1.79. The summed E-state index contributed by atoms with van der Waals surface area (Å²) in [4.78, 5) is 3.86. The number of rotatable bonds is 3. The quantitative estimate of drug-likeness (QED) is 0.848. The van der Waals surface area contributed by atoms with Gasteiger partial charge in [0.25, 0.3) is 0 Å². The predicted molar refractivity (Wildman–Crippen MR) is 57.6 cm³/mol. The summed E-state index contributed by atoms with van der Waals surface area (Å²) in [6, 6.07) is 0.696. The highest BCUT2D eigenvalue weighted by Crippen LogP contribution is 2.15. The van der Waals surface area contributed by atoms with E-state index >= 15 is 0 Å². The number of pyridine rings is 1. The number of hydrogen-bond donors (Lipinski definition) is 1. The van der Waals surface area contributed by atoms with Gasteiger partial charge in [-0.05, 0) is 40.5 Å². The Morgan fingerprint density at radius 2 is 2.69 bits per heavy atom. The Hall–Kier alpha value is -0.260. The first-order valence-electron chi connectivity index (χ1n) is 5.40. The van der Waals surface area contributed by atoms with Crippen LogP contribution in [0.15, 0.2) is 22.9 Å². The van der Waals surface area contributed by atoms with E-state index in [1.807, 2.05) is 0 Å². The summed E-state index contributed by atoms with van der Waals surface area (Å²) in [5.41, 5.74) is 0.176. The summed E-state index contributed by atoms with van der Waals surface area (Å²) in [5.74, 6) is 0. The van der Waals surface area contributed by atoms with Gasteiger partial charge < -0.3 is 0 Å². The van der Waals surface area contributed by atoms with E-state index in [9.17, 15) is 4.21 Å². The molecule has 0 aromatic carbocycles. The van der Waals surface area contributed by atoms with Crippen molar-refractivity contribution in [3.8, 4) is 0 Å². The van der Waals surface area contributed by atoms with Crippen molar-refractivity contribution in [2.45, 2.75) is 12.9 Å². The lowest BCUT2D eigenvalue weighted by Crippen LogP contribution is -2.19. The summed E-state index contributed by atoms with van der Waals surface area (Å²) in [6.45, 7) is -2.65. The molecular formula is C8H11BrN2OS. The van der Waals surface area contributed by atoms with Gasteiger partial charge in [-0.3, -0.25) is 0 Å². The summed E-state index contributed by atoms with van der Waals surface area (Å²) in [5, 5.41) is 0. The van der Waals surface area contributed by atoms with E-state index in [1.165, 1.54) is 24.6 Å². The van der Waals surface area contributed by atoms with E-state index in [0.717, 1.165) is 0 Å². The van der Waals surface area contributed by atoms with Crippen molar-refractivity contribution in [3.05, 3.63) is 28.5 Å². The number of halogens is 1. The molecule has 0 spiro atoms. The van der Waals surface area contributed by atoms with Crippen LogP contribution in [0.3, 0.4) is 0 Å². The molecule has 1 N–H and O–H groups in total. The molecule has 0 saturated carbocycles. The first-order chi connectivity index (χ1) is 7.67. The fourth-order valence-electron chi connectivity index (χ4n) is 0.761. The summed E-state index contributed by atoms with van der Waals surface area (Å²) < 4.78 is 44.1. The number of hydrogen-bond acceptors (Lipinski definition) is 2. The minimum Gasteiger partial charge on any atom is -0.249 e. The van der Waals surface area contributed by atoms with Gasteiger partial charge >= 0.3 is 0 Å². The van der Waals surface area contributed by atoms with Crippen LogP contribution < -0.4 is 4.72 Å². The highest BCUT2D eigenvalue weighted by molar-refractivity contribution is 9.10. The van der Waals surface area contributed by atoms with Crippen LogP contribution in [0.4, 0.5) is 0 Å². The molecule has 5 heteroatoms. The molecule has 0 aliphatic heterocycles. The molecule has 0 aliphatic carbocycles. The molecule has 0 fully saturated rings. The minimum absolute atomic E-state index is 0.176. The molecule has 0 bridgehead atoms. The Balaban J connectivity index is 3.29. The van der Waals surface area contributed by atoms with Crippen LogP contribution in [0, 0.1) is 0 Å². The number of nitrogens with zero attached hydrogens (tertiary/aromatic N) is 1. The van der Waals surface area contributed by atoms with Crippen molar-refractivity contribution in [1.82, 2.24) is 9.71 Å². The maximum Gasteiger partial charge on any atom is 0.106 e. The third-order valence-electron chi connectivity index (χ3n) is 1.26.